The molecule has 1 aromatic rings. The van der Waals surface area contributed by atoms with Gasteiger partial charge in [0.25, 0.3) is 0 Å². The number of hydrogen-bond donors (Lipinski definition) is 3. The van der Waals surface area contributed by atoms with E-state index in [9.17, 15) is 4.79 Å². The number of aromatic carboxylic acids is 1. The zero-order valence-electron chi connectivity index (χ0n) is 8.56. The van der Waals surface area contributed by atoms with Crippen LogP contribution in [0, 0.1) is 5.92 Å². The second-order valence-electron chi connectivity index (χ2n) is 3.64. The summed E-state index contributed by atoms with van der Waals surface area (Å²) in [5.74, 6) is -0.956. The van der Waals surface area contributed by atoms with E-state index in [1.54, 1.807) is 0 Å². The van der Waals surface area contributed by atoms with Crippen molar-refractivity contribution in [2.75, 3.05) is 5.73 Å². The second kappa shape index (κ2) is 4.12. The number of hydrogen-bond acceptors (Lipinski definition) is 5. The van der Waals surface area contributed by atoms with Crippen LogP contribution in [0.4, 0.5) is 5.82 Å². The van der Waals surface area contributed by atoms with Gasteiger partial charge in [-0.2, -0.15) is 9.97 Å². The van der Waals surface area contributed by atoms with Gasteiger partial charge in [0.2, 0.25) is 0 Å². The summed E-state index contributed by atoms with van der Waals surface area (Å²) < 4.78 is 0. The van der Waals surface area contributed by atoms with Crippen molar-refractivity contribution in [2.45, 2.75) is 20.3 Å². The molecule has 6 heteroatoms. The predicted molar refractivity (Wildman–Crippen MR) is 53.6 cm³/mol. The number of aromatic hydroxyl groups is 1. The minimum absolute atomic E-state index is 0.0219. The molecular weight excluding hydrogens is 198 g/mol. The van der Waals surface area contributed by atoms with Crippen LogP contribution in [0.1, 0.15) is 29.9 Å². The Kier molecular flexibility index (Phi) is 3.08. The lowest BCUT2D eigenvalue weighted by molar-refractivity contribution is 0.0687. The number of aromatic nitrogens is 2. The minimum Gasteiger partial charge on any atom is -0.479 e. The van der Waals surface area contributed by atoms with E-state index in [0.29, 0.717) is 12.0 Å². The van der Waals surface area contributed by atoms with Gasteiger partial charge in [-0.3, -0.25) is 0 Å². The van der Waals surface area contributed by atoms with E-state index in [4.69, 9.17) is 15.9 Å². The Morgan fingerprint density at radius 2 is 2.07 bits per heavy atom. The number of anilines is 1. The van der Waals surface area contributed by atoms with Crippen molar-refractivity contribution in [1.82, 2.24) is 9.97 Å². The lowest BCUT2D eigenvalue weighted by atomic mass is 10.0. The molecule has 0 radical (unpaired) electrons. The minimum atomic E-state index is -1.21. The molecule has 0 aliphatic carbocycles. The van der Waals surface area contributed by atoms with Crippen molar-refractivity contribution in [2.24, 2.45) is 5.92 Å². The van der Waals surface area contributed by atoms with E-state index in [1.807, 2.05) is 13.8 Å². The van der Waals surface area contributed by atoms with Gasteiger partial charge >= 0.3 is 12.0 Å². The molecule has 0 aliphatic rings. The van der Waals surface area contributed by atoms with Gasteiger partial charge in [0, 0.05) is 5.56 Å². The molecule has 0 atom stereocenters. The standard InChI is InChI=1S/C9H13N3O3/c1-4(2)3-5-6(8(13)14)11-9(15)12-7(5)10/h4H,3H2,1-2H3,(H,13,14)(H3,10,11,12,15). The molecule has 15 heavy (non-hydrogen) atoms. The van der Waals surface area contributed by atoms with Crippen molar-refractivity contribution < 1.29 is 15.0 Å². The van der Waals surface area contributed by atoms with Crippen molar-refractivity contribution in [3.05, 3.63) is 11.3 Å². The fourth-order valence-corrected chi connectivity index (χ4v) is 1.28. The van der Waals surface area contributed by atoms with E-state index in [2.05, 4.69) is 9.97 Å². The number of rotatable bonds is 3. The second-order valence-corrected chi connectivity index (χ2v) is 3.64. The van der Waals surface area contributed by atoms with E-state index >= 15 is 0 Å². The SMILES string of the molecule is CC(C)Cc1c(N)nc(O)nc1C(=O)O. The predicted octanol–water partition coefficient (Wildman–Crippen LogP) is 0.661. The van der Waals surface area contributed by atoms with Crippen LogP contribution in [-0.4, -0.2) is 26.2 Å². The Hall–Kier alpha value is -1.85. The quantitative estimate of drug-likeness (QED) is 0.677. The first-order valence-electron chi connectivity index (χ1n) is 4.50. The van der Waals surface area contributed by atoms with Crippen LogP contribution in [0.2, 0.25) is 0 Å². The van der Waals surface area contributed by atoms with Gasteiger partial charge in [0.1, 0.15) is 5.82 Å². The maximum Gasteiger partial charge on any atom is 0.355 e. The number of carboxylic acids is 1. The lowest BCUT2D eigenvalue weighted by Gasteiger charge is -2.10. The molecule has 82 valence electrons. The summed E-state index contributed by atoms with van der Waals surface area (Å²) in [5, 5.41) is 17.9. The Balaban J connectivity index is 3.27. The van der Waals surface area contributed by atoms with Crippen LogP contribution in [-0.2, 0) is 6.42 Å². The van der Waals surface area contributed by atoms with Crippen LogP contribution in [0.5, 0.6) is 6.01 Å². The molecule has 0 aliphatic heterocycles. The molecule has 0 spiro atoms. The number of carboxylic acid groups (broad SMARTS) is 1. The van der Waals surface area contributed by atoms with Gasteiger partial charge in [0.15, 0.2) is 5.69 Å². The number of nitrogen functional groups attached to an aromatic ring is 1. The van der Waals surface area contributed by atoms with Crippen molar-refractivity contribution >= 4 is 11.8 Å². The molecule has 1 heterocycles. The van der Waals surface area contributed by atoms with E-state index in [-0.39, 0.29) is 17.4 Å². The summed E-state index contributed by atoms with van der Waals surface area (Å²) >= 11 is 0. The highest BCUT2D eigenvalue weighted by atomic mass is 16.4. The van der Waals surface area contributed by atoms with Gasteiger partial charge in [-0.15, -0.1) is 0 Å². The molecule has 0 saturated carbocycles. The molecule has 6 nitrogen and oxygen atoms in total. The smallest absolute Gasteiger partial charge is 0.355 e. The number of carbonyl (C=O) groups is 1. The summed E-state index contributed by atoms with van der Waals surface area (Å²) in [5.41, 5.74) is 5.68. The highest BCUT2D eigenvalue weighted by molar-refractivity contribution is 5.88. The molecule has 0 fully saturated rings. The van der Waals surface area contributed by atoms with Gasteiger partial charge < -0.3 is 15.9 Å². The first-order valence-corrected chi connectivity index (χ1v) is 4.50. The van der Waals surface area contributed by atoms with Gasteiger partial charge in [-0.1, -0.05) is 13.8 Å². The monoisotopic (exact) mass is 211 g/mol. The maximum atomic E-state index is 10.9. The van der Waals surface area contributed by atoms with Crippen molar-refractivity contribution in [1.29, 1.82) is 0 Å². The zero-order chi connectivity index (χ0) is 11.6. The van der Waals surface area contributed by atoms with Gasteiger partial charge in [0.05, 0.1) is 0 Å². The zero-order valence-corrected chi connectivity index (χ0v) is 8.56. The third kappa shape index (κ3) is 2.55. The largest absolute Gasteiger partial charge is 0.479 e. The van der Waals surface area contributed by atoms with E-state index < -0.39 is 12.0 Å². The lowest BCUT2D eigenvalue weighted by Crippen LogP contribution is -2.12. The molecule has 1 rings (SSSR count). The third-order valence-corrected chi connectivity index (χ3v) is 1.84. The summed E-state index contributed by atoms with van der Waals surface area (Å²) in [7, 11) is 0. The highest BCUT2D eigenvalue weighted by Gasteiger charge is 2.18. The van der Waals surface area contributed by atoms with Crippen molar-refractivity contribution in [3.63, 3.8) is 0 Å². The average molecular weight is 211 g/mol. The Morgan fingerprint density at radius 3 is 2.53 bits per heavy atom. The summed E-state index contributed by atoms with van der Waals surface area (Å²) in [6.45, 7) is 3.86. The first kappa shape index (κ1) is 11.2. The Bertz CT molecular complexity index is 390. The number of nitrogens with two attached hydrogens (primary N) is 1. The van der Waals surface area contributed by atoms with E-state index in [0.717, 1.165) is 0 Å². The molecule has 0 saturated heterocycles. The molecule has 0 unspecified atom stereocenters. The van der Waals surface area contributed by atoms with Crippen LogP contribution in [0.25, 0.3) is 0 Å². The van der Waals surface area contributed by atoms with Gasteiger partial charge in [-0.25, -0.2) is 4.79 Å². The third-order valence-electron chi connectivity index (χ3n) is 1.84. The summed E-state index contributed by atoms with van der Waals surface area (Å²) in [6, 6.07) is -0.614. The fourth-order valence-electron chi connectivity index (χ4n) is 1.28. The normalized spacial score (nSPS) is 10.6. The summed E-state index contributed by atoms with van der Waals surface area (Å²) in [4.78, 5) is 17.8. The molecule has 0 bridgehead atoms. The maximum absolute atomic E-state index is 10.9. The van der Waals surface area contributed by atoms with E-state index in [1.165, 1.54) is 0 Å². The molecule has 0 aromatic carbocycles. The van der Waals surface area contributed by atoms with Gasteiger partial charge in [-0.05, 0) is 12.3 Å². The topological polar surface area (TPSA) is 109 Å². The van der Waals surface area contributed by atoms with Crippen molar-refractivity contribution in [3.8, 4) is 6.01 Å². The fraction of sp³-hybridized carbons (Fsp3) is 0.444. The first-order chi connectivity index (χ1) is 6.91. The van der Waals surface area contributed by atoms with Crippen LogP contribution in [0.3, 0.4) is 0 Å². The number of nitrogens with zero attached hydrogens (tertiary/aromatic N) is 2. The Morgan fingerprint density at radius 1 is 1.47 bits per heavy atom. The van der Waals surface area contributed by atoms with Crippen LogP contribution >= 0.6 is 0 Å². The molecule has 0 amide bonds. The van der Waals surface area contributed by atoms with Crippen LogP contribution in [0.15, 0.2) is 0 Å². The summed E-state index contributed by atoms with van der Waals surface area (Å²) in [6.07, 6.45) is 0.466. The van der Waals surface area contributed by atoms with Crippen LogP contribution < -0.4 is 5.73 Å². The Labute approximate surface area is 86.8 Å². The highest BCUT2D eigenvalue weighted by Crippen LogP contribution is 2.20. The molecule has 1 aromatic heterocycles. The molecular formula is C9H13N3O3. The molecule has 4 N–H and O–H groups in total. The average Bonchev–Trinajstić information content (AvgIpc) is 2.08.